The minimum absolute atomic E-state index is 0.0373. The highest BCUT2D eigenvalue weighted by Crippen LogP contribution is 2.41. The van der Waals surface area contributed by atoms with Crippen LogP contribution in [0.3, 0.4) is 0 Å². The van der Waals surface area contributed by atoms with Crippen LogP contribution in [-0.4, -0.2) is 57.7 Å². The lowest BCUT2D eigenvalue weighted by Gasteiger charge is -2.30. The summed E-state index contributed by atoms with van der Waals surface area (Å²) in [5.41, 5.74) is 13.0. The zero-order valence-electron chi connectivity index (χ0n) is 27.2. The van der Waals surface area contributed by atoms with Gasteiger partial charge in [0.1, 0.15) is 11.2 Å². The van der Waals surface area contributed by atoms with Crippen molar-refractivity contribution in [3.63, 3.8) is 0 Å². The number of ether oxygens (including phenoxy) is 3. The van der Waals surface area contributed by atoms with Crippen LogP contribution in [-0.2, 0) is 36.4 Å². The Bertz CT molecular complexity index is 2180. The van der Waals surface area contributed by atoms with Crippen molar-refractivity contribution in [3.8, 4) is 28.3 Å². The van der Waals surface area contributed by atoms with Crippen LogP contribution in [0.2, 0.25) is 5.02 Å². The Balaban J connectivity index is 1.22. The van der Waals surface area contributed by atoms with Gasteiger partial charge >= 0.3 is 5.69 Å². The van der Waals surface area contributed by atoms with Crippen molar-refractivity contribution in [2.75, 3.05) is 25.6 Å². The van der Waals surface area contributed by atoms with Gasteiger partial charge in [0.15, 0.2) is 0 Å². The Morgan fingerprint density at radius 1 is 1.04 bits per heavy atom. The fourth-order valence-corrected chi connectivity index (χ4v) is 7.14. The summed E-state index contributed by atoms with van der Waals surface area (Å²) in [5.74, 6) is 0.923. The standard InChI is InChI=1S/C36H37ClN6O5/c1-19-22(7-6-10-27(19)40-33-31-29(11-13-39-33)42(2)36(45)43(3)35(31)44)23-8-5-9-24(32(23)37)28-16-20-15-21(17-25(20)34(41-28)46-4)48-30-18-47-14-12-26(30)38/h5-11,13,16,21,26,30H,12,14-15,17-18,38H2,1-4H3,(H,39,40)/t21?,26-,30+/m1/s1. The fourth-order valence-electron chi connectivity index (χ4n) is 6.81. The number of anilines is 2. The van der Waals surface area contributed by atoms with Crippen molar-refractivity contribution in [1.29, 1.82) is 0 Å². The number of halogens is 1. The lowest BCUT2D eigenvalue weighted by atomic mass is 9.96. The molecular formula is C36H37ClN6O5. The molecule has 2 aromatic carbocycles. The summed E-state index contributed by atoms with van der Waals surface area (Å²) >= 11 is 7.19. The predicted molar refractivity (Wildman–Crippen MR) is 186 cm³/mol. The molecule has 248 valence electrons. The maximum Gasteiger partial charge on any atom is 0.330 e. The van der Waals surface area contributed by atoms with E-state index in [2.05, 4.69) is 16.4 Å². The van der Waals surface area contributed by atoms with Crippen molar-refractivity contribution < 1.29 is 14.2 Å². The molecule has 1 aliphatic carbocycles. The summed E-state index contributed by atoms with van der Waals surface area (Å²) in [6.45, 7) is 3.16. The predicted octanol–water partition coefficient (Wildman–Crippen LogP) is 4.68. The van der Waals surface area contributed by atoms with Crippen LogP contribution in [0.25, 0.3) is 33.3 Å². The van der Waals surface area contributed by atoms with E-state index in [0.717, 1.165) is 50.1 Å². The van der Waals surface area contributed by atoms with Gasteiger partial charge in [-0.05, 0) is 54.7 Å². The quantitative estimate of drug-likeness (QED) is 0.254. The number of hydrogen-bond acceptors (Lipinski definition) is 9. The number of nitrogens with two attached hydrogens (primary N) is 1. The highest BCUT2D eigenvalue weighted by atomic mass is 35.5. The Kier molecular flexibility index (Phi) is 8.55. The van der Waals surface area contributed by atoms with Crippen molar-refractivity contribution in [3.05, 3.63) is 97.3 Å². The van der Waals surface area contributed by atoms with E-state index in [1.54, 1.807) is 26.4 Å². The second-order valence-corrected chi connectivity index (χ2v) is 12.8. The molecule has 0 amide bonds. The van der Waals surface area contributed by atoms with E-state index in [4.69, 9.17) is 36.5 Å². The third kappa shape index (κ3) is 5.56. The van der Waals surface area contributed by atoms with E-state index in [9.17, 15) is 9.59 Å². The van der Waals surface area contributed by atoms with Gasteiger partial charge in [0, 0.05) is 61.7 Å². The molecule has 48 heavy (non-hydrogen) atoms. The highest BCUT2D eigenvalue weighted by molar-refractivity contribution is 6.36. The van der Waals surface area contributed by atoms with E-state index in [-0.39, 0.29) is 18.2 Å². The van der Waals surface area contributed by atoms with Crippen LogP contribution in [0.15, 0.2) is 64.3 Å². The smallest absolute Gasteiger partial charge is 0.330 e. The number of methoxy groups -OCH3 is 1. The third-order valence-electron chi connectivity index (χ3n) is 9.51. The monoisotopic (exact) mass is 668 g/mol. The molecule has 7 rings (SSSR count). The first kappa shape index (κ1) is 32.0. The summed E-state index contributed by atoms with van der Waals surface area (Å²) in [4.78, 5) is 35.0. The number of aryl methyl sites for hydroxylation is 1. The number of hydrogen-bond donors (Lipinski definition) is 2. The molecule has 0 spiro atoms. The Morgan fingerprint density at radius 2 is 1.81 bits per heavy atom. The molecule has 0 bridgehead atoms. The molecule has 12 heteroatoms. The lowest BCUT2D eigenvalue weighted by Crippen LogP contribution is -2.46. The number of pyridine rings is 2. The zero-order valence-corrected chi connectivity index (χ0v) is 28.0. The van der Waals surface area contributed by atoms with Crippen molar-refractivity contribution in [2.45, 2.75) is 44.4 Å². The Morgan fingerprint density at radius 3 is 2.60 bits per heavy atom. The van der Waals surface area contributed by atoms with Gasteiger partial charge in [0.25, 0.3) is 5.56 Å². The number of aromatic nitrogens is 4. The maximum atomic E-state index is 13.2. The van der Waals surface area contributed by atoms with Crippen molar-refractivity contribution in [2.24, 2.45) is 19.8 Å². The SMILES string of the molecule is COc1nc(-c2cccc(-c3cccc(Nc4nccc5c4c(=O)n(C)c(=O)n5C)c3C)c2Cl)cc2c1CC(O[C@H]1COCC[C@H]1N)C2. The average Bonchev–Trinajstić information content (AvgIpc) is 3.50. The van der Waals surface area contributed by atoms with Gasteiger partial charge in [-0.15, -0.1) is 0 Å². The number of rotatable bonds is 7. The van der Waals surface area contributed by atoms with Gasteiger partial charge in [-0.1, -0.05) is 41.9 Å². The summed E-state index contributed by atoms with van der Waals surface area (Å²) in [6.07, 6.45) is 3.60. The van der Waals surface area contributed by atoms with E-state index in [1.807, 2.05) is 43.3 Å². The molecule has 2 aliphatic rings. The Hall–Kier alpha value is -4.55. The molecule has 3 atom stereocenters. The van der Waals surface area contributed by atoms with Gasteiger partial charge < -0.3 is 25.3 Å². The molecule has 0 saturated carbocycles. The second-order valence-electron chi connectivity index (χ2n) is 12.4. The van der Waals surface area contributed by atoms with Crippen LogP contribution in [0, 0.1) is 6.92 Å². The molecule has 5 aromatic rings. The van der Waals surface area contributed by atoms with Crippen LogP contribution in [0.4, 0.5) is 11.5 Å². The first-order chi connectivity index (χ1) is 23.2. The van der Waals surface area contributed by atoms with E-state index < -0.39 is 11.2 Å². The van der Waals surface area contributed by atoms with Gasteiger partial charge in [0.05, 0.1) is 42.2 Å². The number of fused-ring (bicyclic) bond motifs is 2. The van der Waals surface area contributed by atoms with Crippen LogP contribution < -0.4 is 27.0 Å². The normalized spacial score (nSPS) is 19.0. The number of nitrogens with one attached hydrogen (secondary N) is 1. The summed E-state index contributed by atoms with van der Waals surface area (Å²) in [7, 11) is 4.72. The Labute approximate surface area is 282 Å². The van der Waals surface area contributed by atoms with Gasteiger partial charge in [-0.2, -0.15) is 0 Å². The van der Waals surface area contributed by atoms with Crippen molar-refractivity contribution >= 4 is 34.0 Å². The largest absolute Gasteiger partial charge is 0.481 e. The minimum atomic E-state index is -0.421. The molecule has 0 radical (unpaired) electrons. The van der Waals surface area contributed by atoms with Gasteiger partial charge in [0.2, 0.25) is 5.88 Å². The molecule has 3 N–H and O–H groups in total. The summed E-state index contributed by atoms with van der Waals surface area (Å²) in [5, 5.41) is 4.22. The lowest BCUT2D eigenvalue weighted by molar-refractivity contribution is -0.0901. The van der Waals surface area contributed by atoms with E-state index >= 15 is 0 Å². The molecule has 1 unspecified atom stereocenters. The highest BCUT2D eigenvalue weighted by Gasteiger charge is 2.32. The topological polar surface area (TPSA) is 136 Å². The summed E-state index contributed by atoms with van der Waals surface area (Å²) < 4.78 is 20.3. The molecule has 1 fully saturated rings. The maximum absolute atomic E-state index is 13.2. The van der Waals surface area contributed by atoms with Gasteiger partial charge in [-0.25, -0.2) is 14.8 Å². The first-order valence-corrected chi connectivity index (χ1v) is 16.3. The molecule has 3 aromatic heterocycles. The molecule has 1 aliphatic heterocycles. The van der Waals surface area contributed by atoms with Crippen LogP contribution in [0.5, 0.6) is 5.88 Å². The van der Waals surface area contributed by atoms with E-state index in [1.165, 1.54) is 11.6 Å². The van der Waals surface area contributed by atoms with E-state index in [0.29, 0.717) is 59.4 Å². The van der Waals surface area contributed by atoms with Crippen LogP contribution >= 0.6 is 11.6 Å². The minimum Gasteiger partial charge on any atom is -0.481 e. The van der Waals surface area contributed by atoms with Crippen molar-refractivity contribution in [1.82, 2.24) is 19.1 Å². The fraction of sp³-hybridized carbons (Fsp3) is 0.333. The number of nitrogens with zero attached hydrogens (tertiary/aromatic N) is 4. The van der Waals surface area contributed by atoms with Crippen LogP contribution in [0.1, 0.15) is 23.1 Å². The first-order valence-electron chi connectivity index (χ1n) is 15.9. The van der Waals surface area contributed by atoms with Gasteiger partial charge in [-0.3, -0.25) is 13.9 Å². The molecule has 11 nitrogen and oxygen atoms in total. The molecule has 1 saturated heterocycles. The third-order valence-corrected chi connectivity index (χ3v) is 9.92. The zero-order chi connectivity index (χ0) is 33.7. The summed E-state index contributed by atoms with van der Waals surface area (Å²) in [6, 6.07) is 15.4. The number of benzene rings is 2. The molecule has 4 heterocycles. The second kappa shape index (κ2) is 12.8. The average molecular weight is 669 g/mol. The molecular weight excluding hydrogens is 632 g/mol.